The first-order chi connectivity index (χ1) is 30.5. The average molecular weight is 904 g/mol. The highest BCUT2D eigenvalue weighted by atomic mass is 31.2. The number of unbranched alkanes of at least 4 members (excludes halogenated alkanes) is 21. The molecule has 0 aliphatic heterocycles. The van der Waals surface area contributed by atoms with Gasteiger partial charge in [-0.2, -0.15) is 0 Å². The van der Waals surface area contributed by atoms with Gasteiger partial charge in [-0.25, -0.2) is 4.57 Å². The minimum atomic E-state index is -4.33. The number of likely N-dealkylation sites (N-methyl/N-ethyl adjacent to an activating group) is 1. The number of nitrogens with zero attached hydrogens (tertiary/aromatic N) is 1. The third-order valence-electron chi connectivity index (χ3n) is 11.2. The average Bonchev–Trinajstić information content (AvgIpc) is 3.24. The number of phosphoric acid groups is 1. The van der Waals surface area contributed by atoms with Crippen LogP contribution >= 0.6 is 7.82 Å². The summed E-state index contributed by atoms with van der Waals surface area (Å²) in [7, 11) is 1.59. The minimum absolute atomic E-state index is 0.0657. The molecule has 3 atom stereocenters. The summed E-state index contributed by atoms with van der Waals surface area (Å²) in [6.45, 7) is 4.76. The molecule has 0 saturated heterocycles. The predicted octanol–water partition coefficient (Wildman–Crippen LogP) is 15.1. The number of carbonyl (C=O) groups is 1. The van der Waals surface area contributed by atoms with Crippen molar-refractivity contribution < 1.29 is 32.9 Å². The lowest BCUT2D eigenvalue weighted by molar-refractivity contribution is -0.870. The number of carbonyl (C=O) groups excluding carboxylic acids is 1. The Kier molecular flexibility index (Phi) is 43.6. The van der Waals surface area contributed by atoms with Crippen LogP contribution in [0, 0.1) is 0 Å². The Balaban J connectivity index is 4.34. The Morgan fingerprint density at radius 2 is 0.952 bits per heavy atom. The summed E-state index contributed by atoms with van der Waals surface area (Å²) in [6, 6.07) is -0.779. The monoisotopic (exact) mass is 904 g/mol. The maximum atomic E-state index is 13.0. The highest BCUT2D eigenvalue weighted by Crippen LogP contribution is 2.43. The molecule has 0 heterocycles. The maximum Gasteiger partial charge on any atom is 0.472 e. The highest BCUT2D eigenvalue weighted by Gasteiger charge is 2.28. The van der Waals surface area contributed by atoms with Gasteiger partial charge in [0.25, 0.3) is 0 Å². The van der Waals surface area contributed by atoms with Crippen LogP contribution < -0.4 is 5.32 Å². The largest absolute Gasteiger partial charge is 0.472 e. The van der Waals surface area contributed by atoms with E-state index in [1.165, 1.54) is 96.3 Å². The quantitative estimate of drug-likeness (QED) is 0.0243. The van der Waals surface area contributed by atoms with Crippen LogP contribution in [0.4, 0.5) is 0 Å². The fourth-order valence-electron chi connectivity index (χ4n) is 7.17. The van der Waals surface area contributed by atoms with E-state index in [1.54, 1.807) is 0 Å². The number of rotatable bonds is 46. The van der Waals surface area contributed by atoms with E-state index in [2.05, 4.69) is 92.1 Å². The van der Waals surface area contributed by atoms with Crippen molar-refractivity contribution in [3.05, 3.63) is 72.9 Å². The number of hydrogen-bond donors (Lipinski definition) is 3. The third kappa shape index (κ3) is 47.7. The van der Waals surface area contributed by atoms with Gasteiger partial charge in [0.1, 0.15) is 13.2 Å². The summed E-state index contributed by atoms with van der Waals surface area (Å²) in [5.74, 6) is -0.170. The van der Waals surface area contributed by atoms with E-state index in [9.17, 15) is 19.4 Å². The van der Waals surface area contributed by atoms with E-state index in [-0.39, 0.29) is 19.1 Å². The Labute approximate surface area is 389 Å². The van der Waals surface area contributed by atoms with Gasteiger partial charge in [-0.15, -0.1) is 0 Å². The summed E-state index contributed by atoms with van der Waals surface area (Å²) in [6.07, 6.45) is 60.8. The topological polar surface area (TPSA) is 105 Å². The van der Waals surface area contributed by atoms with Gasteiger partial charge in [0, 0.05) is 6.42 Å². The van der Waals surface area contributed by atoms with E-state index in [0.29, 0.717) is 23.9 Å². The first-order valence-corrected chi connectivity index (χ1v) is 27.3. The molecule has 0 rings (SSSR count). The van der Waals surface area contributed by atoms with Gasteiger partial charge >= 0.3 is 7.82 Å². The van der Waals surface area contributed by atoms with Crippen LogP contribution in [0.1, 0.15) is 213 Å². The number of phosphoric ester groups is 1. The van der Waals surface area contributed by atoms with Gasteiger partial charge in [0.2, 0.25) is 5.91 Å². The van der Waals surface area contributed by atoms with E-state index in [1.807, 2.05) is 21.1 Å². The lowest BCUT2D eigenvalue weighted by Crippen LogP contribution is -2.46. The molecular formula is C54H100N2O6P+. The summed E-state index contributed by atoms with van der Waals surface area (Å²) in [5.41, 5.74) is 0. The van der Waals surface area contributed by atoms with E-state index in [4.69, 9.17) is 9.05 Å². The SMILES string of the molecule is CC/C=C\C/C=C\C/C=C\C/C=C\C/C=C\C/C=C\CCCCCCC(=O)NC(COP(=O)(O)OCC[N+](C)(C)C)C(O)CCCCCCCCCCCCCCCCCCCC. The molecule has 0 aromatic carbocycles. The number of aliphatic hydroxyl groups excluding tert-OH is 1. The van der Waals surface area contributed by atoms with Crippen LogP contribution in [-0.4, -0.2) is 73.4 Å². The molecule has 0 radical (unpaired) electrons. The van der Waals surface area contributed by atoms with Crippen LogP contribution in [-0.2, 0) is 18.4 Å². The van der Waals surface area contributed by atoms with Crippen molar-refractivity contribution in [3.8, 4) is 0 Å². The van der Waals surface area contributed by atoms with E-state index < -0.39 is 20.0 Å². The van der Waals surface area contributed by atoms with E-state index in [0.717, 1.165) is 89.9 Å². The van der Waals surface area contributed by atoms with Crippen molar-refractivity contribution in [2.45, 2.75) is 225 Å². The van der Waals surface area contributed by atoms with Crippen molar-refractivity contribution in [2.75, 3.05) is 40.9 Å². The lowest BCUT2D eigenvalue weighted by atomic mass is 10.0. The molecule has 8 nitrogen and oxygen atoms in total. The first-order valence-electron chi connectivity index (χ1n) is 25.8. The molecule has 0 spiro atoms. The molecule has 0 bridgehead atoms. The molecule has 0 saturated carbocycles. The first kappa shape index (κ1) is 60.9. The summed E-state index contributed by atoms with van der Waals surface area (Å²) < 4.78 is 23.7. The van der Waals surface area contributed by atoms with Gasteiger partial charge < -0.3 is 19.8 Å². The van der Waals surface area contributed by atoms with Crippen LogP contribution in [0.2, 0.25) is 0 Å². The van der Waals surface area contributed by atoms with Crippen molar-refractivity contribution in [1.82, 2.24) is 5.32 Å². The molecule has 1 amide bonds. The van der Waals surface area contributed by atoms with Crippen molar-refractivity contribution in [2.24, 2.45) is 0 Å². The van der Waals surface area contributed by atoms with Gasteiger partial charge in [0.15, 0.2) is 0 Å². The van der Waals surface area contributed by atoms with Crippen molar-refractivity contribution in [1.29, 1.82) is 0 Å². The zero-order valence-electron chi connectivity index (χ0n) is 41.5. The molecule has 0 aliphatic rings. The Morgan fingerprint density at radius 1 is 0.556 bits per heavy atom. The minimum Gasteiger partial charge on any atom is -0.391 e. The number of aliphatic hydroxyl groups is 1. The fourth-order valence-corrected chi connectivity index (χ4v) is 7.90. The molecule has 0 aromatic rings. The van der Waals surface area contributed by atoms with Gasteiger partial charge in [0.05, 0.1) is 39.9 Å². The lowest BCUT2D eigenvalue weighted by Gasteiger charge is -2.26. The molecule has 3 unspecified atom stereocenters. The number of hydrogen-bond acceptors (Lipinski definition) is 5. The molecule has 0 aromatic heterocycles. The molecule has 63 heavy (non-hydrogen) atoms. The van der Waals surface area contributed by atoms with Crippen LogP contribution in [0.3, 0.4) is 0 Å². The fraction of sp³-hybridized carbons (Fsp3) is 0.759. The number of quaternary nitrogens is 1. The Morgan fingerprint density at radius 3 is 1.40 bits per heavy atom. The van der Waals surface area contributed by atoms with Gasteiger partial charge in [-0.05, 0) is 64.2 Å². The molecule has 9 heteroatoms. The molecule has 366 valence electrons. The molecular weight excluding hydrogens is 804 g/mol. The van der Waals surface area contributed by atoms with Crippen molar-refractivity contribution in [3.63, 3.8) is 0 Å². The normalized spacial score (nSPS) is 14.7. The Bertz CT molecular complexity index is 1250. The van der Waals surface area contributed by atoms with Crippen LogP contribution in [0.25, 0.3) is 0 Å². The summed E-state index contributed by atoms with van der Waals surface area (Å²) >= 11 is 0. The van der Waals surface area contributed by atoms with E-state index >= 15 is 0 Å². The smallest absolute Gasteiger partial charge is 0.391 e. The second-order valence-electron chi connectivity index (χ2n) is 18.5. The highest BCUT2D eigenvalue weighted by molar-refractivity contribution is 7.47. The zero-order valence-corrected chi connectivity index (χ0v) is 42.4. The summed E-state index contributed by atoms with van der Waals surface area (Å²) in [5, 5.41) is 14.0. The van der Waals surface area contributed by atoms with Gasteiger partial charge in [-0.3, -0.25) is 13.8 Å². The second-order valence-corrected chi connectivity index (χ2v) is 20.0. The van der Waals surface area contributed by atoms with Gasteiger partial charge in [-0.1, -0.05) is 215 Å². The zero-order chi connectivity index (χ0) is 46.4. The predicted molar refractivity (Wildman–Crippen MR) is 272 cm³/mol. The number of allylic oxidation sites excluding steroid dienone is 12. The molecule has 0 fully saturated rings. The van der Waals surface area contributed by atoms with Crippen LogP contribution in [0.15, 0.2) is 72.9 Å². The standard InChI is InChI=1S/C54H99N2O6P/c1-6-8-10-12-14-16-18-20-22-24-26-27-28-29-30-32-34-36-38-40-42-44-46-48-54(58)55-52(51-62-63(59,60)61-50-49-56(3,4)5)53(57)47-45-43-41-39-37-35-33-31-25-23-21-19-17-15-13-11-9-7-2/h8,10,14,16,20,22,26-27,29-30,34,36,52-53,57H,6-7,9,11-13,15,17-19,21,23-25,28,31-33,35,37-51H2,1-5H3,(H-,55,58,59,60)/p+1/b10-8-,16-14-,22-20-,27-26-,30-29-,36-34-. The van der Waals surface area contributed by atoms with Crippen LogP contribution in [0.5, 0.6) is 0 Å². The second kappa shape index (κ2) is 45.1. The maximum absolute atomic E-state index is 13.0. The third-order valence-corrected chi connectivity index (χ3v) is 12.2. The molecule has 3 N–H and O–H groups in total. The summed E-state index contributed by atoms with van der Waals surface area (Å²) in [4.78, 5) is 23.3. The number of amides is 1. The number of nitrogens with one attached hydrogen (secondary N) is 1. The Hall–Kier alpha value is -2.06. The molecule has 0 aliphatic carbocycles. The van der Waals surface area contributed by atoms with Crippen molar-refractivity contribution >= 4 is 13.7 Å².